The molecule has 2 rings (SSSR count). The number of pyridine rings is 1. The summed E-state index contributed by atoms with van der Waals surface area (Å²) >= 11 is 0. The first kappa shape index (κ1) is 11.9. The van der Waals surface area contributed by atoms with Gasteiger partial charge in [-0.15, -0.1) is 0 Å². The Balaban J connectivity index is 1.79. The van der Waals surface area contributed by atoms with E-state index in [1.165, 1.54) is 25.1 Å². The van der Waals surface area contributed by atoms with Crippen LogP contribution in [0.4, 0.5) is 0 Å². The number of nitrogens with zero attached hydrogens (tertiary/aromatic N) is 1. The molecule has 0 saturated carbocycles. The van der Waals surface area contributed by atoms with Gasteiger partial charge < -0.3 is 15.7 Å². The van der Waals surface area contributed by atoms with E-state index < -0.39 is 0 Å². The second-order valence-electron chi connectivity index (χ2n) is 4.21. The average Bonchev–Trinajstić information content (AvgIpc) is 2.82. The van der Waals surface area contributed by atoms with E-state index >= 15 is 0 Å². The molecule has 2 heterocycles. The Morgan fingerprint density at radius 3 is 3.24 bits per heavy atom. The van der Waals surface area contributed by atoms with Crippen molar-refractivity contribution in [3.63, 3.8) is 0 Å². The van der Waals surface area contributed by atoms with Crippen molar-refractivity contribution in [3.05, 3.63) is 24.0 Å². The maximum Gasteiger partial charge on any atom is 0.273 e. The molecule has 0 bridgehead atoms. The highest BCUT2D eigenvalue weighted by Gasteiger charge is 2.15. The molecule has 5 heteroatoms. The van der Waals surface area contributed by atoms with Crippen LogP contribution in [0.25, 0.3) is 0 Å². The quantitative estimate of drug-likeness (QED) is 0.716. The molecule has 1 aromatic heterocycles. The first-order valence-electron chi connectivity index (χ1n) is 5.93. The largest absolute Gasteiger partial charge is 0.505 e. The molecule has 92 valence electrons. The average molecular weight is 235 g/mol. The highest BCUT2D eigenvalue weighted by molar-refractivity contribution is 5.94. The van der Waals surface area contributed by atoms with E-state index in [1.807, 2.05) is 0 Å². The minimum Gasteiger partial charge on any atom is -0.505 e. The fraction of sp³-hybridized carbons (Fsp3) is 0.500. The van der Waals surface area contributed by atoms with Crippen molar-refractivity contribution in [1.82, 2.24) is 15.6 Å². The summed E-state index contributed by atoms with van der Waals surface area (Å²) in [6.45, 7) is 1.67. The molecular weight excluding hydrogens is 218 g/mol. The van der Waals surface area contributed by atoms with Gasteiger partial charge in [0.2, 0.25) is 0 Å². The third-order valence-electron chi connectivity index (χ3n) is 2.94. The number of nitrogens with one attached hydrogen (secondary N) is 2. The molecule has 0 aromatic carbocycles. The van der Waals surface area contributed by atoms with Crippen LogP contribution in [0.2, 0.25) is 0 Å². The van der Waals surface area contributed by atoms with E-state index in [9.17, 15) is 9.90 Å². The van der Waals surface area contributed by atoms with Gasteiger partial charge in [-0.05, 0) is 37.9 Å². The van der Waals surface area contributed by atoms with Crippen molar-refractivity contribution in [2.75, 3.05) is 13.1 Å². The molecule has 1 amide bonds. The summed E-state index contributed by atoms with van der Waals surface area (Å²) < 4.78 is 0. The molecule has 3 N–H and O–H groups in total. The number of aromatic hydroxyl groups is 1. The van der Waals surface area contributed by atoms with E-state index in [4.69, 9.17) is 0 Å². The Hall–Kier alpha value is -1.62. The van der Waals surface area contributed by atoms with Crippen molar-refractivity contribution >= 4 is 5.91 Å². The lowest BCUT2D eigenvalue weighted by molar-refractivity contribution is 0.0944. The van der Waals surface area contributed by atoms with Gasteiger partial charge in [0.25, 0.3) is 5.91 Å². The number of hydrogen-bond acceptors (Lipinski definition) is 4. The van der Waals surface area contributed by atoms with Gasteiger partial charge in [0.1, 0.15) is 5.75 Å². The second kappa shape index (κ2) is 5.63. The first-order valence-corrected chi connectivity index (χ1v) is 5.93. The van der Waals surface area contributed by atoms with Crippen molar-refractivity contribution in [3.8, 4) is 5.75 Å². The van der Waals surface area contributed by atoms with Gasteiger partial charge >= 0.3 is 0 Å². The van der Waals surface area contributed by atoms with Gasteiger partial charge in [0.05, 0.1) is 0 Å². The van der Waals surface area contributed by atoms with Crippen molar-refractivity contribution < 1.29 is 9.90 Å². The van der Waals surface area contributed by atoms with Gasteiger partial charge in [-0.25, -0.2) is 4.98 Å². The third-order valence-corrected chi connectivity index (χ3v) is 2.94. The number of amides is 1. The Bertz CT molecular complexity index is 389. The fourth-order valence-electron chi connectivity index (χ4n) is 2.02. The standard InChI is InChI=1S/C12H17N3O2/c16-10-4-2-7-14-11(10)12(17)15-8-5-9-3-1-6-13-9/h2,4,7,9,13,16H,1,3,5-6,8H2,(H,15,17)/t9-/m1/s1. The Kier molecular flexibility index (Phi) is 3.93. The number of aromatic nitrogens is 1. The Labute approximate surface area is 100 Å². The molecule has 17 heavy (non-hydrogen) atoms. The highest BCUT2D eigenvalue weighted by atomic mass is 16.3. The Morgan fingerprint density at radius 1 is 1.65 bits per heavy atom. The second-order valence-corrected chi connectivity index (χ2v) is 4.21. The molecule has 0 spiro atoms. The summed E-state index contributed by atoms with van der Waals surface area (Å²) in [6, 6.07) is 3.56. The lowest BCUT2D eigenvalue weighted by Crippen LogP contribution is -2.31. The van der Waals surface area contributed by atoms with Gasteiger partial charge in [-0.1, -0.05) is 0 Å². The van der Waals surface area contributed by atoms with Crippen molar-refractivity contribution in [2.24, 2.45) is 0 Å². The topological polar surface area (TPSA) is 74.2 Å². The lowest BCUT2D eigenvalue weighted by atomic mass is 10.1. The maximum atomic E-state index is 11.7. The number of carbonyl (C=O) groups excluding carboxylic acids is 1. The molecule has 1 saturated heterocycles. The molecule has 0 aliphatic carbocycles. The molecule has 1 aliphatic heterocycles. The predicted octanol–water partition coefficient (Wildman–Crippen LogP) is 0.659. The molecule has 1 fully saturated rings. The monoisotopic (exact) mass is 235 g/mol. The first-order chi connectivity index (χ1) is 8.27. The summed E-state index contributed by atoms with van der Waals surface area (Å²) in [5.74, 6) is -0.398. The lowest BCUT2D eigenvalue weighted by Gasteiger charge is -2.10. The minimum absolute atomic E-state index is 0.0796. The Morgan fingerprint density at radius 2 is 2.53 bits per heavy atom. The summed E-state index contributed by atoms with van der Waals surface area (Å²) in [7, 11) is 0. The number of carbonyl (C=O) groups is 1. The maximum absolute atomic E-state index is 11.7. The van der Waals surface area contributed by atoms with Gasteiger partial charge in [-0.2, -0.15) is 0 Å². The van der Waals surface area contributed by atoms with Crippen LogP contribution in [-0.4, -0.2) is 35.1 Å². The van der Waals surface area contributed by atoms with Crippen LogP contribution in [-0.2, 0) is 0 Å². The van der Waals surface area contributed by atoms with Crippen molar-refractivity contribution in [1.29, 1.82) is 0 Å². The molecule has 5 nitrogen and oxygen atoms in total. The smallest absolute Gasteiger partial charge is 0.273 e. The van der Waals surface area contributed by atoms with E-state index in [0.29, 0.717) is 12.6 Å². The van der Waals surface area contributed by atoms with E-state index in [2.05, 4.69) is 15.6 Å². The minimum atomic E-state index is -0.318. The SMILES string of the molecule is O=C(NCC[C@H]1CCCN1)c1ncccc1O. The van der Waals surface area contributed by atoms with Crippen molar-refractivity contribution in [2.45, 2.75) is 25.3 Å². The zero-order valence-electron chi connectivity index (χ0n) is 9.65. The van der Waals surface area contributed by atoms with Crippen LogP contribution in [0.3, 0.4) is 0 Å². The predicted molar refractivity (Wildman–Crippen MR) is 63.9 cm³/mol. The zero-order valence-corrected chi connectivity index (χ0v) is 9.65. The van der Waals surface area contributed by atoms with Gasteiger partial charge in [0, 0.05) is 18.8 Å². The van der Waals surface area contributed by atoms with Crippen LogP contribution < -0.4 is 10.6 Å². The third kappa shape index (κ3) is 3.17. The van der Waals surface area contributed by atoms with E-state index in [1.54, 1.807) is 6.07 Å². The highest BCUT2D eigenvalue weighted by Crippen LogP contribution is 2.12. The number of rotatable bonds is 4. The van der Waals surface area contributed by atoms with Gasteiger partial charge in [-0.3, -0.25) is 4.79 Å². The van der Waals surface area contributed by atoms with Crippen LogP contribution in [0.5, 0.6) is 5.75 Å². The molecule has 0 unspecified atom stereocenters. The fourth-order valence-corrected chi connectivity index (χ4v) is 2.02. The van der Waals surface area contributed by atoms with E-state index in [-0.39, 0.29) is 17.4 Å². The van der Waals surface area contributed by atoms with E-state index in [0.717, 1.165) is 13.0 Å². The summed E-state index contributed by atoms with van der Waals surface area (Å²) in [5.41, 5.74) is 0.0897. The molecular formula is C12H17N3O2. The normalized spacial score (nSPS) is 19.2. The summed E-state index contributed by atoms with van der Waals surface area (Å²) in [6.07, 6.45) is 4.79. The van der Waals surface area contributed by atoms with Crippen LogP contribution in [0, 0.1) is 0 Å². The van der Waals surface area contributed by atoms with Crippen LogP contribution in [0.15, 0.2) is 18.3 Å². The number of hydrogen-bond donors (Lipinski definition) is 3. The van der Waals surface area contributed by atoms with Gasteiger partial charge in [0.15, 0.2) is 5.69 Å². The molecule has 0 radical (unpaired) electrons. The summed E-state index contributed by atoms with van der Waals surface area (Å²) in [4.78, 5) is 15.5. The van der Waals surface area contributed by atoms with Crippen LogP contribution in [0.1, 0.15) is 29.8 Å². The molecule has 1 aromatic rings. The molecule has 1 atom stereocenters. The zero-order chi connectivity index (χ0) is 12.1. The molecule has 1 aliphatic rings. The summed E-state index contributed by atoms with van der Waals surface area (Å²) in [5, 5.41) is 15.6. The van der Waals surface area contributed by atoms with Crippen LogP contribution >= 0.6 is 0 Å².